The maximum Gasteiger partial charge on any atom is 0.380 e. The van der Waals surface area contributed by atoms with E-state index in [0.717, 1.165) is 0 Å². The molecule has 0 aromatic heterocycles. The smallest absolute Gasteiger partial charge is 0.380 e. The molecule has 0 aromatic rings. The summed E-state index contributed by atoms with van der Waals surface area (Å²) in [4.78, 5) is 61.2. The number of ketones is 4. The number of carboxylic acids is 2. The predicted octanol–water partition coefficient (Wildman–Crippen LogP) is -2.57. The van der Waals surface area contributed by atoms with Crippen LogP contribution in [0.5, 0.6) is 0 Å². The van der Waals surface area contributed by atoms with Crippen LogP contribution in [0.15, 0.2) is 0 Å². The third kappa shape index (κ3) is 2.30. The standard InChI is InChI=1S/C6H2O8/c7-1(3(9)5(11)12)2(8)4(10)6(13)14/h(H,11,12)(H,13,14). The fourth-order valence-corrected chi connectivity index (χ4v) is 0.400. The molecule has 0 atom stereocenters. The van der Waals surface area contributed by atoms with Crippen molar-refractivity contribution < 1.29 is 39.0 Å². The summed E-state index contributed by atoms with van der Waals surface area (Å²) < 4.78 is 0. The summed E-state index contributed by atoms with van der Waals surface area (Å²) in [5.74, 6) is -13.1. The van der Waals surface area contributed by atoms with Crippen molar-refractivity contribution in [1.82, 2.24) is 0 Å². The van der Waals surface area contributed by atoms with Gasteiger partial charge in [0.15, 0.2) is 0 Å². The Hall–Kier alpha value is -2.38. The van der Waals surface area contributed by atoms with E-state index in [2.05, 4.69) is 0 Å². The van der Waals surface area contributed by atoms with Crippen LogP contribution in [0.25, 0.3) is 0 Å². The van der Waals surface area contributed by atoms with E-state index in [4.69, 9.17) is 10.2 Å². The molecule has 0 heterocycles. The quantitative estimate of drug-likeness (QED) is 0.365. The second-order valence-electron chi connectivity index (χ2n) is 1.93. The Labute approximate surface area is 75.1 Å². The summed E-state index contributed by atoms with van der Waals surface area (Å²) in [6.45, 7) is 0. The molecule has 14 heavy (non-hydrogen) atoms. The highest BCUT2D eigenvalue weighted by atomic mass is 16.4. The fourth-order valence-electron chi connectivity index (χ4n) is 0.400. The molecule has 74 valence electrons. The van der Waals surface area contributed by atoms with E-state index in [1.807, 2.05) is 0 Å². The molecule has 0 saturated heterocycles. The second-order valence-corrected chi connectivity index (χ2v) is 1.93. The van der Waals surface area contributed by atoms with E-state index in [0.29, 0.717) is 0 Å². The van der Waals surface area contributed by atoms with Crippen molar-refractivity contribution in [3.8, 4) is 0 Å². The van der Waals surface area contributed by atoms with Crippen LogP contribution in [-0.4, -0.2) is 45.3 Å². The minimum absolute atomic E-state index is 2.15. The summed E-state index contributed by atoms with van der Waals surface area (Å²) in [5, 5.41) is 15.9. The van der Waals surface area contributed by atoms with Gasteiger partial charge in [0.2, 0.25) is 0 Å². The molecule has 0 aliphatic heterocycles. The summed E-state index contributed by atoms with van der Waals surface area (Å²) >= 11 is 0. The van der Waals surface area contributed by atoms with Crippen molar-refractivity contribution in [2.24, 2.45) is 0 Å². The van der Waals surface area contributed by atoms with Crippen LogP contribution < -0.4 is 0 Å². The van der Waals surface area contributed by atoms with Crippen molar-refractivity contribution >= 4 is 35.1 Å². The van der Waals surface area contributed by atoms with Gasteiger partial charge in [0.25, 0.3) is 11.6 Å². The minimum atomic E-state index is -2.23. The monoisotopic (exact) mass is 202 g/mol. The summed E-state index contributed by atoms with van der Waals surface area (Å²) in [6, 6.07) is 0. The van der Waals surface area contributed by atoms with Crippen molar-refractivity contribution in [3.05, 3.63) is 0 Å². The lowest BCUT2D eigenvalue weighted by molar-refractivity contribution is -0.159. The van der Waals surface area contributed by atoms with Gasteiger partial charge in [-0.3, -0.25) is 19.2 Å². The lowest BCUT2D eigenvalue weighted by Gasteiger charge is -1.90. The number of hydrogen-bond acceptors (Lipinski definition) is 6. The zero-order valence-electron chi connectivity index (χ0n) is 6.34. The average molecular weight is 202 g/mol. The molecule has 8 heteroatoms. The fraction of sp³-hybridized carbons (Fsp3) is 0. The Kier molecular flexibility index (Phi) is 3.34. The number of hydrogen-bond donors (Lipinski definition) is 2. The highest BCUT2D eigenvalue weighted by Crippen LogP contribution is 1.85. The van der Waals surface area contributed by atoms with Gasteiger partial charge in [-0.2, -0.15) is 0 Å². The Balaban J connectivity index is 4.82. The number of carboxylic acid groups (broad SMARTS) is 2. The highest BCUT2D eigenvalue weighted by Gasteiger charge is 2.36. The summed E-state index contributed by atoms with van der Waals surface area (Å²) in [7, 11) is 0. The van der Waals surface area contributed by atoms with E-state index in [1.54, 1.807) is 0 Å². The van der Waals surface area contributed by atoms with Gasteiger partial charge in [-0.05, 0) is 0 Å². The largest absolute Gasteiger partial charge is 0.475 e. The van der Waals surface area contributed by atoms with Crippen LogP contribution in [0, 0.1) is 0 Å². The third-order valence-electron chi connectivity index (χ3n) is 1.01. The lowest BCUT2D eigenvalue weighted by Crippen LogP contribution is -2.37. The zero-order valence-corrected chi connectivity index (χ0v) is 6.34. The average Bonchev–Trinajstić information content (AvgIpc) is 2.12. The normalized spacial score (nSPS) is 8.86. The molecule has 2 N–H and O–H groups in total. The molecule has 0 spiro atoms. The summed E-state index contributed by atoms with van der Waals surface area (Å²) in [5.41, 5.74) is 0. The number of carbonyl (C=O) groups excluding carboxylic acids is 4. The Bertz CT molecular complexity index is 326. The van der Waals surface area contributed by atoms with Crippen molar-refractivity contribution in [2.45, 2.75) is 0 Å². The number of carbonyl (C=O) groups is 6. The second kappa shape index (κ2) is 4.03. The third-order valence-corrected chi connectivity index (χ3v) is 1.01. The molecule has 0 aliphatic rings. The van der Waals surface area contributed by atoms with Gasteiger partial charge >= 0.3 is 23.5 Å². The molecular formula is C6H2O8. The van der Waals surface area contributed by atoms with Crippen molar-refractivity contribution in [3.63, 3.8) is 0 Å². The molecule has 0 radical (unpaired) electrons. The maximum atomic E-state index is 10.5. The molecular weight excluding hydrogens is 200 g/mol. The molecule has 0 fully saturated rings. The Morgan fingerprint density at radius 2 is 0.714 bits per heavy atom. The Morgan fingerprint density at radius 3 is 0.857 bits per heavy atom. The Morgan fingerprint density at radius 1 is 0.500 bits per heavy atom. The number of aliphatic carboxylic acids is 2. The van der Waals surface area contributed by atoms with Gasteiger partial charge in [-0.15, -0.1) is 0 Å². The zero-order chi connectivity index (χ0) is 11.5. The van der Waals surface area contributed by atoms with Gasteiger partial charge < -0.3 is 10.2 Å². The number of Topliss-reactive ketones (excluding diaryl/α,β-unsaturated/α-hetero) is 4. The van der Waals surface area contributed by atoms with Gasteiger partial charge in [-0.1, -0.05) is 0 Å². The molecule has 0 bridgehead atoms. The van der Waals surface area contributed by atoms with Crippen LogP contribution in [0.4, 0.5) is 0 Å². The first-order valence-electron chi connectivity index (χ1n) is 2.92. The lowest BCUT2D eigenvalue weighted by atomic mass is 10.1. The predicted molar refractivity (Wildman–Crippen MR) is 35.3 cm³/mol. The first-order valence-corrected chi connectivity index (χ1v) is 2.92. The van der Waals surface area contributed by atoms with Gasteiger partial charge in [0.05, 0.1) is 0 Å². The van der Waals surface area contributed by atoms with E-state index in [1.165, 1.54) is 0 Å². The van der Waals surface area contributed by atoms with E-state index >= 15 is 0 Å². The molecule has 8 nitrogen and oxygen atoms in total. The topological polar surface area (TPSA) is 143 Å². The van der Waals surface area contributed by atoms with Crippen LogP contribution in [-0.2, 0) is 28.8 Å². The molecule has 0 aromatic carbocycles. The van der Waals surface area contributed by atoms with E-state index < -0.39 is 35.1 Å². The maximum absolute atomic E-state index is 10.5. The van der Waals surface area contributed by atoms with Crippen LogP contribution in [0.1, 0.15) is 0 Å². The first-order chi connectivity index (χ1) is 6.29. The highest BCUT2D eigenvalue weighted by molar-refractivity contribution is 6.90. The molecule has 0 unspecified atom stereocenters. The molecule has 0 saturated carbocycles. The molecule has 0 amide bonds. The van der Waals surface area contributed by atoms with Crippen LogP contribution >= 0.6 is 0 Å². The SMILES string of the molecule is O=C(O)C(=O)C(=O)C(=O)C(=O)C(=O)O. The van der Waals surface area contributed by atoms with Crippen LogP contribution in [0.3, 0.4) is 0 Å². The van der Waals surface area contributed by atoms with Gasteiger partial charge in [-0.25, -0.2) is 9.59 Å². The molecule has 0 rings (SSSR count). The number of rotatable bonds is 5. The van der Waals surface area contributed by atoms with E-state index in [-0.39, 0.29) is 0 Å². The van der Waals surface area contributed by atoms with Crippen molar-refractivity contribution in [2.75, 3.05) is 0 Å². The molecule has 0 aliphatic carbocycles. The minimum Gasteiger partial charge on any atom is -0.475 e. The van der Waals surface area contributed by atoms with Crippen molar-refractivity contribution in [1.29, 1.82) is 0 Å². The van der Waals surface area contributed by atoms with Crippen LogP contribution in [0.2, 0.25) is 0 Å². The first kappa shape index (κ1) is 11.6. The van der Waals surface area contributed by atoms with Gasteiger partial charge in [0, 0.05) is 0 Å². The summed E-state index contributed by atoms with van der Waals surface area (Å²) in [6.07, 6.45) is 0. The van der Waals surface area contributed by atoms with E-state index in [9.17, 15) is 28.8 Å². The van der Waals surface area contributed by atoms with Gasteiger partial charge in [0.1, 0.15) is 0 Å².